The number of hydrogen-bond donors (Lipinski definition) is 2. The minimum atomic E-state index is -0.473. The Morgan fingerprint density at radius 3 is 2.61 bits per heavy atom. The van der Waals surface area contributed by atoms with E-state index in [4.69, 9.17) is 10.5 Å². The van der Waals surface area contributed by atoms with Crippen LogP contribution in [-0.4, -0.2) is 24.4 Å². The van der Waals surface area contributed by atoms with Gasteiger partial charge in [-0.2, -0.15) is 0 Å². The summed E-state index contributed by atoms with van der Waals surface area (Å²) in [5, 5.41) is 9.53. The lowest BCUT2D eigenvalue weighted by Gasteiger charge is -2.15. The van der Waals surface area contributed by atoms with E-state index in [2.05, 4.69) is 13.8 Å². The van der Waals surface area contributed by atoms with Crippen LogP contribution in [0.1, 0.15) is 32.3 Å². The van der Waals surface area contributed by atoms with Gasteiger partial charge in [-0.1, -0.05) is 38.8 Å². The molecule has 0 aliphatic carbocycles. The molecule has 0 saturated heterocycles. The van der Waals surface area contributed by atoms with Crippen molar-refractivity contribution >= 4 is 0 Å². The lowest BCUT2D eigenvalue weighted by Crippen LogP contribution is -2.21. The van der Waals surface area contributed by atoms with Crippen LogP contribution in [0.4, 0.5) is 0 Å². The van der Waals surface area contributed by atoms with E-state index in [0.717, 1.165) is 30.8 Å². The lowest BCUT2D eigenvalue weighted by atomic mass is 10.1. The summed E-state index contributed by atoms with van der Waals surface area (Å²) >= 11 is 0. The van der Waals surface area contributed by atoms with Crippen LogP contribution in [0.15, 0.2) is 24.3 Å². The Morgan fingerprint density at radius 1 is 1.28 bits per heavy atom. The number of benzene rings is 1. The van der Waals surface area contributed by atoms with E-state index in [-0.39, 0.29) is 0 Å². The maximum absolute atomic E-state index is 9.53. The molecule has 0 fully saturated rings. The number of ether oxygens (including phenoxy) is 1. The molecule has 1 atom stereocenters. The first-order valence-electron chi connectivity index (χ1n) is 6.79. The fourth-order valence-electron chi connectivity index (χ4n) is 1.86. The van der Waals surface area contributed by atoms with Gasteiger partial charge in [0, 0.05) is 6.54 Å². The quantitative estimate of drug-likeness (QED) is 0.745. The maximum atomic E-state index is 9.53. The third-order valence-electron chi connectivity index (χ3n) is 3.28. The largest absolute Gasteiger partial charge is 0.493 e. The Morgan fingerprint density at radius 2 is 2.00 bits per heavy atom. The first-order valence-corrected chi connectivity index (χ1v) is 6.79. The van der Waals surface area contributed by atoms with Gasteiger partial charge >= 0.3 is 0 Å². The van der Waals surface area contributed by atoms with Crippen molar-refractivity contribution in [2.24, 2.45) is 11.7 Å². The van der Waals surface area contributed by atoms with Gasteiger partial charge in [0.1, 0.15) is 5.75 Å². The van der Waals surface area contributed by atoms with Crippen molar-refractivity contribution in [1.29, 1.82) is 0 Å². The van der Waals surface area contributed by atoms with Crippen molar-refractivity contribution in [3.05, 3.63) is 29.8 Å². The number of aliphatic hydroxyl groups excluding tert-OH is 1. The summed E-state index contributed by atoms with van der Waals surface area (Å²) in [5.41, 5.74) is 6.48. The van der Waals surface area contributed by atoms with Crippen LogP contribution in [0.3, 0.4) is 0 Å². The Bertz CT molecular complexity index is 337. The number of rotatable bonds is 8. The van der Waals surface area contributed by atoms with Crippen molar-refractivity contribution in [3.8, 4) is 5.75 Å². The van der Waals surface area contributed by atoms with E-state index in [1.807, 2.05) is 24.3 Å². The summed E-state index contributed by atoms with van der Waals surface area (Å²) < 4.78 is 5.79. The van der Waals surface area contributed by atoms with Gasteiger partial charge in [0.2, 0.25) is 0 Å². The highest BCUT2D eigenvalue weighted by molar-refractivity contribution is 5.29. The van der Waals surface area contributed by atoms with Crippen molar-refractivity contribution in [2.45, 2.75) is 39.2 Å². The highest BCUT2D eigenvalue weighted by Gasteiger charge is 2.06. The zero-order chi connectivity index (χ0) is 13.4. The molecule has 0 spiro atoms. The second kappa shape index (κ2) is 8.11. The Balaban J connectivity index is 2.53. The van der Waals surface area contributed by atoms with Crippen LogP contribution in [0.2, 0.25) is 0 Å². The maximum Gasteiger partial charge on any atom is 0.119 e. The molecule has 0 heterocycles. The highest BCUT2D eigenvalue weighted by Crippen LogP contribution is 2.17. The van der Waals surface area contributed by atoms with E-state index in [0.29, 0.717) is 18.9 Å². The third-order valence-corrected chi connectivity index (χ3v) is 3.28. The van der Waals surface area contributed by atoms with E-state index in [1.54, 1.807) is 0 Å². The molecule has 0 aromatic heterocycles. The van der Waals surface area contributed by atoms with E-state index >= 15 is 0 Å². The summed E-state index contributed by atoms with van der Waals surface area (Å²) in [6.45, 7) is 5.42. The molecule has 3 nitrogen and oxygen atoms in total. The molecule has 0 bridgehead atoms. The van der Waals surface area contributed by atoms with Crippen LogP contribution >= 0.6 is 0 Å². The molecule has 1 rings (SSSR count). The molecule has 3 heteroatoms. The minimum Gasteiger partial charge on any atom is -0.493 e. The van der Waals surface area contributed by atoms with Gasteiger partial charge in [-0.15, -0.1) is 0 Å². The summed E-state index contributed by atoms with van der Waals surface area (Å²) in [5.74, 6) is 1.49. The van der Waals surface area contributed by atoms with Crippen LogP contribution in [0.5, 0.6) is 5.75 Å². The molecular weight excluding hydrogens is 226 g/mol. The molecule has 1 unspecified atom stereocenters. The van der Waals surface area contributed by atoms with Crippen molar-refractivity contribution < 1.29 is 9.84 Å². The lowest BCUT2D eigenvalue weighted by molar-refractivity contribution is 0.183. The summed E-state index contributed by atoms with van der Waals surface area (Å²) in [4.78, 5) is 0. The van der Waals surface area contributed by atoms with Crippen LogP contribution in [0.25, 0.3) is 0 Å². The highest BCUT2D eigenvalue weighted by atomic mass is 16.5. The molecule has 0 saturated carbocycles. The van der Waals surface area contributed by atoms with Gasteiger partial charge in [-0.25, -0.2) is 0 Å². The number of nitrogens with two attached hydrogens (primary N) is 1. The molecule has 1 aromatic carbocycles. The summed E-state index contributed by atoms with van der Waals surface area (Å²) in [7, 11) is 0. The zero-order valence-corrected chi connectivity index (χ0v) is 11.4. The molecular formula is C15H25NO2. The minimum absolute atomic E-state index is 0.291. The van der Waals surface area contributed by atoms with Gasteiger partial charge in [0.05, 0.1) is 12.7 Å². The third kappa shape index (κ3) is 5.07. The molecule has 1 aromatic rings. The average Bonchev–Trinajstić information content (AvgIpc) is 2.40. The second-order valence-corrected chi connectivity index (χ2v) is 4.73. The first-order chi connectivity index (χ1) is 8.69. The zero-order valence-electron chi connectivity index (χ0n) is 11.4. The van der Waals surface area contributed by atoms with Gasteiger partial charge in [-0.05, 0) is 30.0 Å². The van der Waals surface area contributed by atoms with Crippen LogP contribution in [0, 0.1) is 5.92 Å². The summed E-state index contributed by atoms with van der Waals surface area (Å²) in [6, 6.07) is 7.89. The van der Waals surface area contributed by atoms with Crippen molar-refractivity contribution in [2.75, 3.05) is 13.2 Å². The van der Waals surface area contributed by atoms with E-state index in [1.165, 1.54) is 0 Å². The number of aliphatic hydroxyl groups is 1. The molecule has 3 N–H and O–H groups in total. The fraction of sp³-hybridized carbons (Fsp3) is 0.600. The number of hydrogen-bond acceptors (Lipinski definition) is 3. The smallest absolute Gasteiger partial charge is 0.119 e. The van der Waals surface area contributed by atoms with Crippen LogP contribution in [-0.2, 0) is 6.42 Å². The Labute approximate surface area is 110 Å². The topological polar surface area (TPSA) is 55.5 Å². The molecule has 0 aliphatic heterocycles. The van der Waals surface area contributed by atoms with E-state index in [9.17, 15) is 5.11 Å². The summed E-state index contributed by atoms with van der Waals surface area (Å²) in [6.07, 6.45) is 2.39. The molecule has 0 aliphatic rings. The Hall–Kier alpha value is -1.06. The normalized spacial score (nSPS) is 12.7. The predicted octanol–water partition coefficient (Wildman–Crippen LogP) is 2.36. The monoisotopic (exact) mass is 251 g/mol. The molecule has 18 heavy (non-hydrogen) atoms. The van der Waals surface area contributed by atoms with Gasteiger partial charge in [-0.3, -0.25) is 0 Å². The van der Waals surface area contributed by atoms with Crippen LogP contribution < -0.4 is 10.5 Å². The standard InChI is InChI=1S/C15H25NO2/c1-3-12(4-2)11-18-15-7-5-6-13(9-15)8-14(17)10-16/h5-7,9,12,14,17H,3-4,8,10-11,16H2,1-2H3. The van der Waals surface area contributed by atoms with E-state index < -0.39 is 6.10 Å². The second-order valence-electron chi connectivity index (χ2n) is 4.73. The SMILES string of the molecule is CCC(CC)COc1cccc(CC(O)CN)c1. The molecule has 0 amide bonds. The van der Waals surface area contributed by atoms with Gasteiger partial charge in [0.15, 0.2) is 0 Å². The predicted molar refractivity (Wildman–Crippen MR) is 74.8 cm³/mol. The van der Waals surface area contributed by atoms with Gasteiger partial charge < -0.3 is 15.6 Å². The molecule has 102 valence electrons. The van der Waals surface area contributed by atoms with Crippen molar-refractivity contribution in [1.82, 2.24) is 0 Å². The first kappa shape index (κ1) is 15.0. The Kier molecular flexibility index (Phi) is 6.76. The molecule has 0 radical (unpaired) electrons. The fourth-order valence-corrected chi connectivity index (χ4v) is 1.86. The van der Waals surface area contributed by atoms with Gasteiger partial charge in [0.25, 0.3) is 0 Å². The average molecular weight is 251 g/mol. The van der Waals surface area contributed by atoms with Crippen molar-refractivity contribution in [3.63, 3.8) is 0 Å².